The van der Waals surface area contributed by atoms with E-state index in [9.17, 15) is 14.9 Å². The minimum Gasteiger partial charge on any atom is -0.497 e. The van der Waals surface area contributed by atoms with Gasteiger partial charge in [0.1, 0.15) is 27.6 Å². The minimum absolute atomic E-state index is 0.124. The van der Waals surface area contributed by atoms with Crippen LogP contribution in [0.2, 0.25) is 0 Å². The van der Waals surface area contributed by atoms with Crippen molar-refractivity contribution in [1.29, 1.82) is 5.26 Å². The normalized spacial score (nSPS) is 11.5. The van der Waals surface area contributed by atoms with E-state index in [0.29, 0.717) is 16.3 Å². The van der Waals surface area contributed by atoms with E-state index in [4.69, 9.17) is 10.5 Å². The second-order valence-electron chi connectivity index (χ2n) is 6.77. The van der Waals surface area contributed by atoms with E-state index < -0.39 is 16.7 Å². The van der Waals surface area contributed by atoms with Crippen LogP contribution in [0.3, 0.4) is 0 Å². The van der Waals surface area contributed by atoms with Crippen molar-refractivity contribution >= 4 is 29.0 Å². The Labute approximate surface area is 197 Å². The Morgan fingerprint density at radius 1 is 1.15 bits per heavy atom. The number of carbonyl (C=O) groups excluding carboxylic acids is 1. The Kier molecular flexibility index (Phi) is 6.53. The number of nitrogens with one attached hydrogen (secondary N) is 1. The molecule has 0 saturated carbocycles. The predicted octanol–water partition coefficient (Wildman–Crippen LogP) is 3.76. The number of nitriles is 1. The fourth-order valence-electron chi connectivity index (χ4n) is 3.06. The minimum atomic E-state index is -0.868. The van der Waals surface area contributed by atoms with Gasteiger partial charge in [0.15, 0.2) is 5.16 Å². The number of aromatic nitrogens is 3. The molecule has 33 heavy (non-hydrogen) atoms. The van der Waals surface area contributed by atoms with Gasteiger partial charge in [0.2, 0.25) is 5.91 Å². The molecule has 0 aliphatic rings. The van der Waals surface area contributed by atoms with Crippen molar-refractivity contribution in [3.63, 3.8) is 0 Å². The highest BCUT2D eigenvalue weighted by molar-refractivity contribution is 8.00. The lowest BCUT2D eigenvalue weighted by Gasteiger charge is -2.11. The van der Waals surface area contributed by atoms with Gasteiger partial charge in [0.05, 0.1) is 18.5 Å². The number of benzene rings is 2. The van der Waals surface area contributed by atoms with E-state index in [0.717, 1.165) is 23.0 Å². The SMILES string of the molecule is COc1ccc(-c2nc(SC(C(N)=O)c3nc(-c4ccccc4)cs3)[nH]c(=O)c2C#N)cc1. The molecule has 2 aromatic heterocycles. The molecule has 1 atom stereocenters. The van der Waals surface area contributed by atoms with Gasteiger partial charge in [-0.05, 0) is 24.3 Å². The second-order valence-corrected chi connectivity index (χ2v) is 8.76. The molecular weight excluding hydrogens is 458 g/mol. The molecule has 0 radical (unpaired) electrons. The number of primary amides is 1. The van der Waals surface area contributed by atoms with E-state index >= 15 is 0 Å². The van der Waals surface area contributed by atoms with Crippen molar-refractivity contribution in [1.82, 2.24) is 15.0 Å². The Morgan fingerprint density at radius 3 is 2.52 bits per heavy atom. The molecule has 1 unspecified atom stereocenters. The van der Waals surface area contributed by atoms with Crippen LogP contribution in [0.25, 0.3) is 22.5 Å². The maximum absolute atomic E-state index is 12.6. The molecule has 2 aromatic carbocycles. The highest BCUT2D eigenvalue weighted by Crippen LogP contribution is 2.37. The monoisotopic (exact) mass is 475 g/mol. The third-order valence-corrected chi connectivity index (χ3v) is 6.84. The molecule has 164 valence electrons. The molecule has 0 bridgehead atoms. The first-order valence-electron chi connectivity index (χ1n) is 9.66. The average molecular weight is 476 g/mol. The van der Waals surface area contributed by atoms with E-state index in [1.54, 1.807) is 31.4 Å². The number of hydrogen-bond acceptors (Lipinski definition) is 8. The zero-order chi connectivity index (χ0) is 23.4. The average Bonchev–Trinajstić information content (AvgIpc) is 3.32. The summed E-state index contributed by atoms with van der Waals surface area (Å²) in [6, 6.07) is 18.3. The summed E-state index contributed by atoms with van der Waals surface area (Å²) in [4.78, 5) is 36.4. The number of hydrogen-bond donors (Lipinski definition) is 2. The molecule has 2 heterocycles. The van der Waals surface area contributed by atoms with Gasteiger partial charge in [-0.3, -0.25) is 9.59 Å². The number of carbonyl (C=O) groups is 1. The molecule has 1 amide bonds. The van der Waals surface area contributed by atoms with Crippen molar-refractivity contribution in [3.8, 4) is 34.3 Å². The van der Waals surface area contributed by atoms with Crippen LogP contribution in [0.1, 0.15) is 15.8 Å². The van der Waals surface area contributed by atoms with Gasteiger partial charge >= 0.3 is 0 Å². The molecular formula is C23H17N5O3S2. The molecule has 0 spiro atoms. The molecule has 4 rings (SSSR count). The smallest absolute Gasteiger partial charge is 0.270 e. The molecule has 4 aromatic rings. The predicted molar refractivity (Wildman–Crippen MR) is 127 cm³/mol. The topological polar surface area (TPSA) is 135 Å². The van der Waals surface area contributed by atoms with Crippen LogP contribution in [-0.4, -0.2) is 28.0 Å². The van der Waals surface area contributed by atoms with E-state index in [1.165, 1.54) is 11.3 Å². The zero-order valence-corrected chi connectivity index (χ0v) is 18.9. The molecule has 10 heteroatoms. The third-order valence-electron chi connectivity index (χ3n) is 4.68. The van der Waals surface area contributed by atoms with Gasteiger partial charge < -0.3 is 15.5 Å². The number of thiazole rings is 1. The summed E-state index contributed by atoms with van der Waals surface area (Å²) in [7, 11) is 1.54. The van der Waals surface area contributed by atoms with Gasteiger partial charge in [-0.15, -0.1) is 11.3 Å². The summed E-state index contributed by atoms with van der Waals surface area (Å²) in [5.41, 5.74) is 7.35. The Balaban J connectivity index is 1.70. The summed E-state index contributed by atoms with van der Waals surface area (Å²) in [5, 5.41) is 11.1. The first kappa shape index (κ1) is 22.3. The number of amides is 1. The van der Waals surface area contributed by atoms with Crippen LogP contribution in [0.5, 0.6) is 5.75 Å². The summed E-state index contributed by atoms with van der Waals surface area (Å²) in [5.74, 6) is 0.00967. The Hall–Kier alpha value is -3.94. The first-order valence-corrected chi connectivity index (χ1v) is 11.4. The highest BCUT2D eigenvalue weighted by atomic mass is 32.2. The maximum Gasteiger partial charge on any atom is 0.270 e. The second kappa shape index (κ2) is 9.68. The lowest BCUT2D eigenvalue weighted by molar-refractivity contribution is -0.117. The molecule has 0 aliphatic carbocycles. The van der Waals surface area contributed by atoms with Crippen molar-refractivity contribution in [2.24, 2.45) is 5.73 Å². The van der Waals surface area contributed by atoms with Crippen LogP contribution in [0, 0.1) is 11.3 Å². The van der Waals surface area contributed by atoms with Crippen molar-refractivity contribution in [2.45, 2.75) is 10.4 Å². The summed E-state index contributed by atoms with van der Waals surface area (Å²) < 4.78 is 5.16. The van der Waals surface area contributed by atoms with E-state index in [-0.39, 0.29) is 16.4 Å². The summed E-state index contributed by atoms with van der Waals surface area (Å²) >= 11 is 2.28. The van der Waals surface area contributed by atoms with Gasteiger partial charge in [-0.2, -0.15) is 5.26 Å². The number of ether oxygens (including phenoxy) is 1. The van der Waals surface area contributed by atoms with Gasteiger partial charge in [0, 0.05) is 16.5 Å². The summed E-state index contributed by atoms with van der Waals surface area (Å²) in [6.45, 7) is 0. The number of H-pyrrole nitrogens is 1. The van der Waals surface area contributed by atoms with Crippen LogP contribution >= 0.6 is 23.1 Å². The lowest BCUT2D eigenvalue weighted by Crippen LogP contribution is -2.21. The largest absolute Gasteiger partial charge is 0.497 e. The van der Waals surface area contributed by atoms with Gasteiger partial charge in [-0.1, -0.05) is 42.1 Å². The standard InChI is InChI=1S/C23H17N5O3S2/c1-31-15-9-7-14(8-10-15)18-16(11-24)21(30)28-23(27-18)33-19(20(25)29)22-26-17(12-32-22)13-5-3-2-4-6-13/h2-10,12,19H,1H3,(H2,25,29)(H,27,28,30). The van der Waals surface area contributed by atoms with E-state index in [1.807, 2.05) is 41.8 Å². The zero-order valence-electron chi connectivity index (χ0n) is 17.3. The van der Waals surface area contributed by atoms with Gasteiger partial charge in [0.25, 0.3) is 5.56 Å². The van der Waals surface area contributed by atoms with Crippen molar-refractivity contribution in [2.75, 3.05) is 7.11 Å². The lowest BCUT2D eigenvalue weighted by atomic mass is 10.1. The molecule has 8 nitrogen and oxygen atoms in total. The first-order chi connectivity index (χ1) is 16.0. The molecule has 0 saturated heterocycles. The van der Waals surface area contributed by atoms with Crippen LogP contribution in [0.15, 0.2) is 69.9 Å². The molecule has 0 aliphatic heterocycles. The fourth-order valence-corrected chi connectivity index (χ4v) is 4.97. The molecule has 3 N–H and O–H groups in total. The highest BCUT2D eigenvalue weighted by Gasteiger charge is 2.25. The number of nitrogens with two attached hydrogens (primary N) is 1. The van der Waals surface area contributed by atoms with Crippen molar-refractivity contribution in [3.05, 3.63) is 80.9 Å². The Morgan fingerprint density at radius 2 is 1.88 bits per heavy atom. The Bertz CT molecular complexity index is 1390. The van der Waals surface area contributed by atoms with E-state index in [2.05, 4.69) is 15.0 Å². The summed E-state index contributed by atoms with van der Waals surface area (Å²) in [6.07, 6.45) is 0. The fraction of sp³-hybridized carbons (Fsp3) is 0.0870. The van der Waals surface area contributed by atoms with Gasteiger partial charge in [-0.25, -0.2) is 9.97 Å². The van der Waals surface area contributed by atoms with Crippen LogP contribution < -0.4 is 16.0 Å². The number of aromatic amines is 1. The number of rotatable bonds is 7. The maximum atomic E-state index is 12.6. The number of nitrogens with zero attached hydrogens (tertiary/aromatic N) is 3. The third kappa shape index (κ3) is 4.79. The van der Waals surface area contributed by atoms with Crippen molar-refractivity contribution < 1.29 is 9.53 Å². The van der Waals surface area contributed by atoms with Crippen LogP contribution in [-0.2, 0) is 4.79 Å². The van der Waals surface area contributed by atoms with Crippen LogP contribution in [0.4, 0.5) is 0 Å². The number of methoxy groups -OCH3 is 1. The number of thioether (sulfide) groups is 1. The molecule has 0 fully saturated rings. The quantitative estimate of drug-likeness (QED) is 0.307.